The molecule has 0 fully saturated rings. The molecule has 0 saturated carbocycles. The molecule has 0 radical (unpaired) electrons. The molecule has 0 atom stereocenters. The zero-order chi connectivity index (χ0) is 18.8. The first-order valence-corrected chi connectivity index (χ1v) is 11.5. The number of sulfone groups is 1. The van der Waals surface area contributed by atoms with Gasteiger partial charge < -0.3 is 0 Å². The van der Waals surface area contributed by atoms with Gasteiger partial charge in [0.1, 0.15) is 0 Å². The zero-order valence-corrected chi connectivity index (χ0v) is 16.7. The largest absolute Gasteiger partial charge is 0.283 e. The van der Waals surface area contributed by atoms with Gasteiger partial charge in [-0.25, -0.2) is 16.8 Å². The summed E-state index contributed by atoms with van der Waals surface area (Å²) in [4.78, 5) is 0.221. The fraction of sp³-hybridized carbons (Fsp3) is 0.250. The van der Waals surface area contributed by atoms with E-state index in [9.17, 15) is 16.8 Å². The van der Waals surface area contributed by atoms with E-state index in [0.29, 0.717) is 11.1 Å². The molecule has 0 aliphatic rings. The van der Waals surface area contributed by atoms with Crippen LogP contribution in [-0.2, 0) is 19.9 Å². The van der Waals surface area contributed by atoms with Crippen LogP contribution < -0.4 is 4.72 Å². The number of benzene rings is 2. The van der Waals surface area contributed by atoms with Crippen LogP contribution in [0.3, 0.4) is 0 Å². The molecule has 25 heavy (non-hydrogen) atoms. The highest BCUT2D eigenvalue weighted by Gasteiger charge is 2.16. The summed E-state index contributed by atoms with van der Waals surface area (Å²) in [5, 5.41) is 0.514. The van der Waals surface area contributed by atoms with Crippen molar-refractivity contribution in [3.8, 4) is 11.1 Å². The molecule has 2 aromatic carbocycles. The first-order chi connectivity index (χ1) is 11.6. The lowest BCUT2D eigenvalue weighted by molar-refractivity contribution is 0.597. The highest BCUT2D eigenvalue weighted by Crippen LogP contribution is 2.38. The minimum atomic E-state index is -3.44. The number of anilines is 1. The minimum absolute atomic E-state index is 0.0140. The van der Waals surface area contributed by atoms with Crippen LogP contribution in [0.1, 0.15) is 13.8 Å². The van der Waals surface area contributed by atoms with Gasteiger partial charge in [-0.2, -0.15) is 0 Å². The van der Waals surface area contributed by atoms with Crippen molar-refractivity contribution in [3.05, 3.63) is 46.4 Å². The van der Waals surface area contributed by atoms with Gasteiger partial charge in [0.25, 0.3) is 0 Å². The predicted octanol–water partition coefficient (Wildman–Crippen LogP) is 4.22. The highest BCUT2D eigenvalue weighted by molar-refractivity contribution is 7.92. The van der Waals surface area contributed by atoms with E-state index in [0.717, 1.165) is 0 Å². The maximum absolute atomic E-state index is 11.9. The molecule has 0 amide bonds. The van der Waals surface area contributed by atoms with Crippen molar-refractivity contribution >= 4 is 48.7 Å². The molecule has 136 valence electrons. The van der Waals surface area contributed by atoms with Crippen molar-refractivity contribution in [2.75, 3.05) is 16.2 Å². The van der Waals surface area contributed by atoms with E-state index in [1.165, 1.54) is 31.2 Å². The van der Waals surface area contributed by atoms with Crippen LogP contribution in [0.4, 0.5) is 5.69 Å². The van der Waals surface area contributed by atoms with E-state index >= 15 is 0 Å². The number of nitrogens with one attached hydrogen (secondary N) is 1. The molecule has 0 bridgehead atoms. The Bertz CT molecular complexity index is 962. The lowest BCUT2D eigenvalue weighted by Gasteiger charge is -2.12. The van der Waals surface area contributed by atoms with Crippen molar-refractivity contribution < 1.29 is 16.8 Å². The fourth-order valence-electron chi connectivity index (χ4n) is 2.16. The predicted molar refractivity (Wildman–Crippen MR) is 103 cm³/mol. The summed E-state index contributed by atoms with van der Waals surface area (Å²) in [6, 6.07) is 9.15. The second-order valence-electron chi connectivity index (χ2n) is 5.25. The summed E-state index contributed by atoms with van der Waals surface area (Å²) in [5.41, 5.74) is 1.41. The molecular formula is C16H17Cl2NO4S2. The van der Waals surface area contributed by atoms with Gasteiger partial charge in [0.15, 0.2) is 9.84 Å². The normalized spacial score (nSPS) is 12.2. The van der Waals surface area contributed by atoms with Gasteiger partial charge in [0, 0.05) is 5.56 Å². The molecule has 9 heteroatoms. The van der Waals surface area contributed by atoms with Crippen LogP contribution >= 0.6 is 23.2 Å². The quantitative estimate of drug-likeness (QED) is 0.756. The van der Waals surface area contributed by atoms with Gasteiger partial charge in [0.05, 0.1) is 32.1 Å². The van der Waals surface area contributed by atoms with E-state index in [-0.39, 0.29) is 32.1 Å². The standard InChI is InChI=1S/C16H17Cl2NO4S2/c1-3-24(20,21)13-7-5-11(6-8-13)16-14(17)9-12(10-15(16)18)19-25(22,23)4-2/h5-10,19H,3-4H2,1-2H3. The molecule has 0 aliphatic heterocycles. The topological polar surface area (TPSA) is 80.3 Å². The molecule has 1 N–H and O–H groups in total. The number of hydrogen-bond donors (Lipinski definition) is 1. The molecular weight excluding hydrogens is 405 g/mol. The van der Waals surface area contributed by atoms with E-state index < -0.39 is 19.9 Å². The Labute approximate surface area is 157 Å². The average molecular weight is 422 g/mol. The van der Waals surface area contributed by atoms with Crippen LogP contribution in [0, 0.1) is 0 Å². The smallest absolute Gasteiger partial charge is 0.232 e. The monoisotopic (exact) mass is 421 g/mol. The van der Waals surface area contributed by atoms with Gasteiger partial charge in [0.2, 0.25) is 10.0 Å². The van der Waals surface area contributed by atoms with Crippen LogP contribution in [0.2, 0.25) is 10.0 Å². The highest BCUT2D eigenvalue weighted by atomic mass is 35.5. The summed E-state index contributed by atoms with van der Waals surface area (Å²) in [6.07, 6.45) is 0. The Balaban J connectivity index is 2.44. The Kier molecular flexibility index (Phi) is 6.04. The van der Waals surface area contributed by atoms with E-state index in [4.69, 9.17) is 23.2 Å². The summed E-state index contributed by atoms with van der Waals surface area (Å²) >= 11 is 12.5. The summed E-state index contributed by atoms with van der Waals surface area (Å²) in [7, 11) is -6.73. The third-order valence-electron chi connectivity index (χ3n) is 3.58. The first kappa shape index (κ1) is 20.0. The Morgan fingerprint density at radius 1 is 0.880 bits per heavy atom. The maximum Gasteiger partial charge on any atom is 0.232 e. The van der Waals surface area contributed by atoms with Crippen LogP contribution in [0.15, 0.2) is 41.3 Å². The molecule has 2 rings (SSSR count). The molecule has 0 aromatic heterocycles. The van der Waals surface area contributed by atoms with Gasteiger partial charge in [-0.05, 0) is 36.8 Å². The molecule has 0 spiro atoms. The fourth-order valence-corrected chi connectivity index (χ4v) is 4.37. The van der Waals surface area contributed by atoms with Gasteiger partial charge >= 0.3 is 0 Å². The number of sulfonamides is 1. The van der Waals surface area contributed by atoms with E-state index in [1.54, 1.807) is 19.1 Å². The number of halogens is 2. The van der Waals surface area contributed by atoms with Crippen LogP contribution in [0.25, 0.3) is 11.1 Å². The minimum Gasteiger partial charge on any atom is -0.283 e. The molecule has 2 aromatic rings. The van der Waals surface area contributed by atoms with E-state index in [2.05, 4.69) is 4.72 Å². The van der Waals surface area contributed by atoms with Crippen molar-refractivity contribution in [2.24, 2.45) is 0 Å². The van der Waals surface area contributed by atoms with E-state index in [1.807, 2.05) is 0 Å². The van der Waals surface area contributed by atoms with Crippen LogP contribution in [-0.4, -0.2) is 28.3 Å². The lowest BCUT2D eigenvalue weighted by Crippen LogP contribution is -2.14. The number of rotatable bonds is 6. The lowest BCUT2D eigenvalue weighted by atomic mass is 10.1. The van der Waals surface area contributed by atoms with Crippen molar-refractivity contribution in [3.63, 3.8) is 0 Å². The van der Waals surface area contributed by atoms with Crippen molar-refractivity contribution in [2.45, 2.75) is 18.7 Å². The second kappa shape index (κ2) is 7.53. The van der Waals surface area contributed by atoms with Crippen molar-refractivity contribution in [1.29, 1.82) is 0 Å². The van der Waals surface area contributed by atoms with Crippen molar-refractivity contribution in [1.82, 2.24) is 0 Å². The summed E-state index contributed by atoms with van der Waals surface area (Å²) in [5.74, 6) is -0.0581. The molecule has 0 heterocycles. The Hall–Kier alpha value is -1.28. The maximum atomic E-state index is 11.9. The molecule has 5 nitrogen and oxygen atoms in total. The number of hydrogen-bond acceptors (Lipinski definition) is 4. The second-order valence-corrected chi connectivity index (χ2v) is 10.4. The third-order valence-corrected chi connectivity index (χ3v) is 7.23. The molecule has 0 aliphatic carbocycles. The Morgan fingerprint density at radius 2 is 1.40 bits per heavy atom. The first-order valence-electron chi connectivity index (χ1n) is 7.42. The van der Waals surface area contributed by atoms with Crippen LogP contribution in [0.5, 0.6) is 0 Å². The van der Waals surface area contributed by atoms with Gasteiger partial charge in [-0.3, -0.25) is 4.72 Å². The molecule has 0 saturated heterocycles. The van der Waals surface area contributed by atoms with Gasteiger partial charge in [-0.1, -0.05) is 42.3 Å². The third kappa shape index (κ3) is 4.67. The Morgan fingerprint density at radius 3 is 1.84 bits per heavy atom. The molecule has 0 unspecified atom stereocenters. The average Bonchev–Trinajstić information content (AvgIpc) is 2.54. The SMILES string of the molecule is CCS(=O)(=O)Nc1cc(Cl)c(-c2ccc(S(=O)(=O)CC)cc2)c(Cl)c1. The van der Waals surface area contributed by atoms with Gasteiger partial charge in [-0.15, -0.1) is 0 Å². The summed E-state index contributed by atoms with van der Waals surface area (Å²) in [6.45, 7) is 3.10. The zero-order valence-electron chi connectivity index (χ0n) is 13.6. The summed E-state index contributed by atoms with van der Waals surface area (Å²) < 4.78 is 49.4.